The number of benzene rings is 1. The molecule has 0 bridgehead atoms. The molecule has 2 atom stereocenters. The van der Waals surface area contributed by atoms with E-state index in [1.807, 2.05) is 12.1 Å². The summed E-state index contributed by atoms with van der Waals surface area (Å²) in [5.74, 6) is 0.961. The van der Waals surface area contributed by atoms with E-state index >= 15 is 0 Å². The average molecular weight is 277 g/mol. The van der Waals surface area contributed by atoms with E-state index in [-0.39, 0.29) is 0 Å². The molecule has 0 saturated carbocycles. The zero-order valence-electron chi connectivity index (χ0n) is 12.7. The molecule has 0 spiro atoms. The highest BCUT2D eigenvalue weighted by molar-refractivity contribution is 5.27. The third-order valence-corrected chi connectivity index (χ3v) is 3.77. The number of aryl methyl sites for hydroxylation is 1. The molecule has 1 aliphatic rings. The number of rotatable bonds is 7. The maximum atomic E-state index is 5.77. The SMILES string of the molecule is CCCC1CC(NCCOc2cccc(C)c2)CCO1. The number of hydrogen-bond acceptors (Lipinski definition) is 3. The zero-order valence-corrected chi connectivity index (χ0v) is 12.7. The lowest BCUT2D eigenvalue weighted by molar-refractivity contribution is -0.00350. The second kappa shape index (κ2) is 8.28. The van der Waals surface area contributed by atoms with Crippen molar-refractivity contribution in [2.75, 3.05) is 19.8 Å². The van der Waals surface area contributed by atoms with Crippen molar-refractivity contribution in [3.63, 3.8) is 0 Å². The second-order valence-corrected chi connectivity index (χ2v) is 5.62. The van der Waals surface area contributed by atoms with E-state index in [1.165, 1.54) is 18.4 Å². The van der Waals surface area contributed by atoms with Crippen molar-refractivity contribution < 1.29 is 9.47 Å². The van der Waals surface area contributed by atoms with Gasteiger partial charge in [0.25, 0.3) is 0 Å². The Morgan fingerprint density at radius 2 is 2.30 bits per heavy atom. The normalized spacial score (nSPS) is 22.7. The summed E-state index contributed by atoms with van der Waals surface area (Å²) in [7, 11) is 0. The Kier molecular flexibility index (Phi) is 6.34. The van der Waals surface area contributed by atoms with E-state index in [2.05, 4.69) is 31.3 Å². The third-order valence-electron chi connectivity index (χ3n) is 3.77. The molecule has 1 saturated heterocycles. The van der Waals surface area contributed by atoms with Crippen LogP contribution in [-0.2, 0) is 4.74 Å². The van der Waals surface area contributed by atoms with Crippen molar-refractivity contribution in [1.82, 2.24) is 5.32 Å². The van der Waals surface area contributed by atoms with Gasteiger partial charge in [-0.15, -0.1) is 0 Å². The van der Waals surface area contributed by atoms with Crippen LogP contribution >= 0.6 is 0 Å². The van der Waals surface area contributed by atoms with Gasteiger partial charge in [0.15, 0.2) is 0 Å². The highest BCUT2D eigenvalue weighted by Gasteiger charge is 2.21. The van der Waals surface area contributed by atoms with E-state index in [0.29, 0.717) is 12.1 Å². The largest absolute Gasteiger partial charge is 0.492 e. The van der Waals surface area contributed by atoms with Gasteiger partial charge in [0, 0.05) is 19.2 Å². The quantitative estimate of drug-likeness (QED) is 0.776. The van der Waals surface area contributed by atoms with Crippen LogP contribution in [0, 0.1) is 6.92 Å². The van der Waals surface area contributed by atoms with E-state index < -0.39 is 0 Å². The molecule has 0 radical (unpaired) electrons. The standard InChI is InChI=1S/C17H27NO2/c1-3-5-16-13-15(8-10-19-16)18-9-11-20-17-7-4-6-14(2)12-17/h4,6-7,12,15-16,18H,3,5,8-11,13H2,1-2H3. The van der Waals surface area contributed by atoms with Crippen molar-refractivity contribution in [3.8, 4) is 5.75 Å². The highest BCUT2D eigenvalue weighted by atomic mass is 16.5. The van der Waals surface area contributed by atoms with Gasteiger partial charge in [0.1, 0.15) is 12.4 Å². The lowest BCUT2D eigenvalue weighted by Crippen LogP contribution is -2.40. The van der Waals surface area contributed by atoms with Crippen molar-refractivity contribution in [2.24, 2.45) is 0 Å². The molecular formula is C17H27NO2. The fourth-order valence-electron chi connectivity index (χ4n) is 2.73. The molecule has 3 nitrogen and oxygen atoms in total. The lowest BCUT2D eigenvalue weighted by Gasteiger charge is -2.30. The predicted octanol–water partition coefficient (Wildman–Crippen LogP) is 3.31. The van der Waals surface area contributed by atoms with Crippen LogP contribution in [-0.4, -0.2) is 31.9 Å². The van der Waals surface area contributed by atoms with E-state index in [1.54, 1.807) is 0 Å². The predicted molar refractivity (Wildman–Crippen MR) is 82.3 cm³/mol. The Balaban J connectivity index is 1.63. The first kappa shape index (κ1) is 15.3. The van der Waals surface area contributed by atoms with E-state index in [4.69, 9.17) is 9.47 Å². The highest BCUT2D eigenvalue weighted by Crippen LogP contribution is 2.17. The van der Waals surface area contributed by atoms with Gasteiger partial charge < -0.3 is 14.8 Å². The Morgan fingerprint density at radius 3 is 3.10 bits per heavy atom. The minimum absolute atomic E-state index is 0.448. The summed E-state index contributed by atoms with van der Waals surface area (Å²) in [6.07, 6.45) is 5.08. The number of nitrogens with one attached hydrogen (secondary N) is 1. The molecule has 0 amide bonds. The molecule has 1 N–H and O–H groups in total. The summed E-state index contributed by atoms with van der Waals surface area (Å²) in [6.45, 7) is 6.81. The van der Waals surface area contributed by atoms with Gasteiger partial charge in [-0.2, -0.15) is 0 Å². The molecular weight excluding hydrogens is 250 g/mol. The fourth-order valence-corrected chi connectivity index (χ4v) is 2.73. The van der Waals surface area contributed by atoms with Crippen LogP contribution in [0.4, 0.5) is 0 Å². The molecule has 1 aliphatic heterocycles. The van der Waals surface area contributed by atoms with Gasteiger partial charge in [-0.3, -0.25) is 0 Å². The summed E-state index contributed by atoms with van der Waals surface area (Å²) in [5.41, 5.74) is 1.24. The van der Waals surface area contributed by atoms with Crippen LogP contribution in [0.2, 0.25) is 0 Å². The summed E-state index contributed by atoms with van der Waals surface area (Å²) >= 11 is 0. The van der Waals surface area contributed by atoms with Crippen LogP contribution in [0.1, 0.15) is 38.2 Å². The Hall–Kier alpha value is -1.06. The first-order valence-corrected chi connectivity index (χ1v) is 7.82. The monoisotopic (exact) mass is 277 g/mol. The molecule has 1 aromatic rings. The second-order valence-electron chi connectivity index (χ2n) is 5.62. The Labute approximate surface area is 122 Å². The maximum absolute atomic E-state index is 5.77. The smallest absolute Gasteiger partial charge is 0.119 e. The average Bonchev–Trinajstić information content (AvgIpc) is 2.45. The van der Waals surface area contributed by atoms with Crippen LogP contribution in [0.15, 0.2) is 24.3 Å². The minimum atomic E-state index is 0.448. The number of ether oxygens (including phenoxy) is 2. The number of hydrogen-bond donors (Lipinski definition) is 1. The van der Waals surface area contributed by atoms with Gasteiger partial charge in [0.05, 0.1) is 6.10 Å². The Bertz CT molecular complexity index is 392. The van der Waals surface area contributed by atoms with Gasteiger partial charge in [-0.1, -0.05) is 25.5 Å². The van der Waals surface area contributed by atoms with E-state index in [0.717, 1.165) is 38.3 Å². The first-order chi connectivity index (χ1) is 9.78. The third kappa shape index (κ3) is 5.14. The summed E-state index contributed by atoms with van der Waals surface area (Å²) < 4.78 is 11.5. The van der Waals surface area contributed by atoms with Crippen molar-refractivity contribution in [1.29, 1.82) is 0 Å². The van der Waals surface area contributed by atoms with Crippen molar-refractivity contribution >= 4 is 0 Å². The van der Waals surface area contributed by atoms with Crippen LogP contribution in [0.3, 0.4) is 0 Å². The topological polar surface area (TPSA) is 30.5 Å². The maximum Gasteiger partial charge on any atom is 0.119 e. The molecule has 1 fully saturated rings. The van der Waals surface area contributed by atoms with Gasteiger partial charge >= 0.3 is 0 Å². The summed E-state index contributed by atoms with van der Waals surface area (Å²) in [5, 5.41) is 3.59. The first-order valence-electron chi connectivity index (χ1n) is 7.82. The molecule has 20 heavy (non-hydrogen) atoms. The molecule has 2 rings (SSSR count). The van der Waals surface area contributed by atoms with Crippen LogP contribution in [0.5, 0.6) is 5.75 Å². The molecule has 0 aliphatic carbocycles. The lowest BCUT2D eigenvalue weighted by atomic mass is 10.0. The van der Waals surface area contributed by atoms with Crippen molar-refractivity contribution in [2.45, 2.75) is 51.7 Å². The van der Waals surface area contributed by atoms with Gasteiger partial charge in [-0.25, -0.2) is 0 Å². The fraction of sp³-hybridized carbons (Fsp3) is 0.647. The van der Waals surface area contributed by atoms with Crippen LogP contribution in [0.25, 0.3) is 0 Å². The van der Waals surface area contributed by atoms with Gasteiger partial charge in [-0.05, 0) is 43.9 Å². The molecule has 0 aromatic heterocycles. The molecule has 2 unspecified atom stereocenters. The Morgan fingerprint density at radius 1 is 1.40 bits per heavy atom. The zero-order chi connectivity index (χ0) is 14.2. The molecule has 1 aromatic carbocycles. The van der Waals surface area contributed by atoms with Crippen LogP contribution < -0.4 is 10.1 Å². The summed E-state index contributed by atoms with van der Waals surface area (Å²) in [4.78, 5) is 0. The summed E-state index contributed by atoms with van der Waals surface area (Å²) in [6, 6.07) is 8.79. The van der Waals surface area contributed by atoms with Crippen molar-refractivity contribution in [3.05, 3.63) is 29.8 Å². The van der Waals surface area contributed by atoms with Gasteiger partial charge in [0.2, 0.25) is 0 Å². The minimum Gasteiger partial charge on any atom is -0.492 e. The van der Waals surface area contributed by atoms with E-state index in [9.17, 15) is 0 Å². The molecule has 112 valence electrons. The molecule has 3 heteroatoms. The molecule has 1 heterocycles.